The largest absolute Gasteiger partial charge is 0.358 e. The first-order chi connectivity index (χ1) is 13.9. The number of amides is 1. The predicted octanol–water partition coefficient (Wildman–Crippen LogP) is 2.41. The molecule has 2 aromatic rings. The van der Waals surface area contributed by atoms with Crippen LogP contribution in [-0.2, 0) is 26.0 Å². The average molecular weight is 418 g/mol. The van der Waals surface area contributed by atoms with E-state index in [1.54, 1.807) is 47.4 Å². The maximum Gasteiger partial charge on any atom is 0.245 e. The summed E-state index contributed by atoms with van der Waals surface area (Å²) in [7, 11) is -3.67. The summed E-state index contributed by atoms with van der Waals surface area (Å²) in [6.07, 6.45) is 1.04. The molecule has 0 unspecified atom stereocenters. The Morgan fingerprint density at radius 2 is 1.66 bits per heavy atom. The van der Waals surface area contributed by atoms with Gasteiger partial charge in [0.2, 0.25) is 15.9 Å². The molecule has 2 heterocycles. The number of halogens is 1. The molecule has 2 aromatic carbocycles. The third-order valence-electron chi connectivity index (χ3n) is 5.62. The van der Waals surface area contributed by atoms with E-state index in [4.69, 9.17) is 4.74 Å². The summed E-state index contributed by atoms with van der Waals surface area (Å²) in [6.45, 7) is 1.48. The van der Waals surface area contributed by atoms with Crippen molar-refractivity contribution < 1.29 is 22.3 Å². The van der Waals surface area contributed by atoms with Crippen molar-refractivity contribution in [2.24, 2.45) is 0 Å². The van der Waals surface area contributed by atoms with Crippen LogP contribution in [0.1, 0.15) is 18.4 Å². The molecule has 0 bridgehead atoms. The summed E-state index contributed by atoms with van der Waals surface area (Å²) in [6, 6.07) is 14.2. The van der Waals surface area contributed by atoms with Gasteiger partial charge in [0.05, 0.1) is 17.9 Å². The Morgan fingerprint density at radius 1 is 1.00 bits per heavy atom. The van der Waals surface area contributed by atoms with Crippen molar-refractivity contribution in [3.8, 4) is 0 Å². The molecule has 0 aromatic heterocycles. The third-order valence-corrected chi connectivity index (χ3v) is 7.58. The van der Waals surface area contributed by atoms with Crippen molar-refractivity contribution in [1.29, 1.82) is 0 Å². The molecule has 0 aliphatic carbocycles. The second-order valence-electron chi connectivity index (χ2n) is 7.37. The van der Waals surface area contributed by atoms with Crippen molar-refractivity contribution in [2.75, 3.05) is 26.2 Å². The van der Waals surface area contributed by atoms with E-state index in [9.17, 15) is 17.6 Å². The van der Waals surface area contributed by atoms with Crippen molar-refractivity contribution in [3.63, 3.8) is 0 Å². The molecule has 0 atom stereocenters. The quantitative estimate of drug-likeness (QED) is 0.765. The molecule has 2 aliphatic rings. The second-order valence-corrected chi connectivity index (χ2v) is 9.23. The number of ether oxygens (including phenoxy) is 1. The molecule has 8 heteroatoms. The lowest BCUT2D eigenvalue weighted by Crippen LogP contribution is -2.55. The summed E-state index contributed by atoms with van der Waals surface area (Å²) < 4.78 is 46.7. The molecular weight excluding hydrogens is 395 g/mol. The maximum absolute atomic E-state index is 13.1. The molecule has 4 rings (SSSR count). The number of carbonyl (C=O) groups excluding carboxylic acids is 1. The topological polar surface area (TPSA) is 66.9 Å². The van der Waals surface area contributed by atoms with Gasteiger partial charge in [-0.3, -0.25) is 4.79 Å². The van der Waals surface area contributed by atoms with E-state index in [1.165, 1.54) is 16.4 Å². The highest BCUT2D eigenvalue weighted by atomic mass is 32.2. The zero-order chi connectivity index (χ0) is 20.5. The first-order valence-electron chi connectivity index (χ1n) is 9.65. The van der Waals surface area contributed by atoms with Crippen LogP contribution in [0.4, 0.5) is 4.39 Å². The average Bonchev–Trinajstić information content (AvgIpc) is 3.14. The summed E-state index contributed by atoms with van der Waals surface area (Å²) >= 11 is 0. The summed E-state index contributed by atoms with van der Waals surface area (Å²) in [4.78, 5) is 14.6. The van der Waals surface area contributed by atoms with Crippen LogP contribution >= 0.6 is 0 Å². The highest BCUT2D eigenvalue weighted by molar-refractivity contribution is 7.89. The van der Waals surface area contributed by atoms with E-state index in [2.05, 4.69) is 0 Å². The van der Waals surface area contributed by atoms with Gasteiger partial charge in [0.1, 0.15) is 11.5 Å². The molecule has 0 N–H and O–H groups in total. The first-order valence-corrected chi connectivity index (χ1v) is 11.1. The van der Waals surface area contributed by atoms with E-state index in [0.717, 1.165) is 5.56 Å². The van der Waals surface area contributed by atoms with Crippen LogP contribution in [0.25, 0.3) is 0 Å². The number of carbonyl (C=O) groups is 1. The number of hydrogen-bond donors (Lipinski definition) is 0. The normalized spacial score (nSPS) is 19.6. The lowest BCUT2D eigenvalue weighted by Gasteiger charge is -2.42. The van der Waals surface area contributed by atoms with Crippen LogP contribution in [0.3, 0.4) is 0 Å². The van der Waals surface area contributed by atoms with E-state index >= 15 is 0 Å². The van der Waals surface area contributed by atoms with E-state index < -0.39 is 15.7 Å². The van der Waals surface area contributed by atoms with E-state index in [1.807, 2.05) is 0 Å². The minimum absolute atomic E-state index is 0.0538. The fourth-order valence-electron chi connectivity index (χ4n) is 4.04. The number of likely N-dealkylation sites (tertiary alicyclic amines) is 1. The number of hydrogen-bond acceptors (Lipinski definition) is 4. The Labute approximate surface area is 169 Å². The number of nitrogens with zero attached hydrogens (tertiary/aromatic N) is 2. The van der Waals surface area contributed by atoms with Crippen LogP contribution in [0.2, 0.25) is 0 Å². The summed E-state index contributed by atoms with van der Waals surface area (Å²) in [5.41, 5.74) is -0.150. The minimum atomic E-state index is -3.67. The fourth-order valence-corrected chi connectivity index (χ4v) is 5.78. The standard InChI is InChI=1S/C21H23FN2O4S/c22-18-8-6-17(7-9-18)16-20(25)23-12-10-21(11-13-23)24(14-15-28-21)29(26,27)19-4-2-1-3-5-19/h1-9H,10-16H2. The van der Waals surface area contributed by atoms with Crippen LogP contribution in [0, 0.1) is 5.82 Å². The number of rotatable bonds is 4. The molecule has 0 saturated carbocycles. The molecule has 0 radical (unpaired) electrons. The first kappa shape index (κ1) is 20.0. The summed E-state index contributed by atoms with van der Waals surface area (Å²) in [5.74, 6) is -0.388. The van der Waals surface area contributed by atoms with Gasteiger partial charge in [-0.15, -0.1) is 0 Å². The highest BCUT2D eigenvalue weighted by Crippen LogP contribution is 2.38. The Balaban J connectivity index is 1.45. The lowest BCUT2D eigenvalue weighted by atomic mass is 10.00. The molecular formula is C21H23FN2O4S. The third kappa shape index (κ3) is 3.92. The van der Waals surface area contributed by atoms with Gasteiger partial charge in [-0.1, -0.05) is 30.3 Å². The second kappa shape index (κ2) is 7.85. The smallest absolute Gasteiger partial charge is 0.245 e. The molecule has 154 valence electrons. The van der Waals surface area contributed by atoms with Gasteiger partial charge in [-0.25, -0.2) is 12.8 Å². The van der Waals surface area contributed by atoms with Gasteiger partial charge in [0, 0.05) is 32.5 Å². The molecule has 29 heavy (non-hydrogen) atoms. The van der Waals surface area contributed by atoms with Crippen LogP contribution in [0.15, 0.2) is 59.5 Å². The van der Waals surface area contributed by atoms with E-state index in [-0.39, 0.29) is 23.0 Å². The number of sulfonamides is 1. The van der Waals surface area contributed by atoms with E-state index in [0.29, 0.717) is 39.1 Å². The Hall–Kier alpha value is -2.29. The van der Waals surface area contributed by atoms with Crippen molar-refractivity contribution in [1.82, 2.24) is 9.21 Å². The van der Waals surface area contributed by atoms with Crippen LogP contribution in [-0.4, -0.2) is 55.5 Å². The lowest BCUT2D eigenvalue weighted by molar-refractivity contribution is -0.139. The zero-order valence-electron chi connectivity index (χ0n) is 16.0. The van der Waals surface area contributed by atoms with Gasteiger partial charge in [0.15, 0.2) is 0 Å². The van der Waals surface area contributed by atoms with Crippen LogP contribution in [0.5, 0.6) is 0 Å². The van der Waals surface area contributed by atoms with Gasteiger partial charge in [-0.05, 0) is 29.8 Å². The van der Waals surface area contributed by atoms with Gasteiger partial charge in [-0.2, -0.15) is 4.31 Å². The van der Waals surface area contributed by atoms with Crippen LogP contribution < -0.4 is 0 Å². The molecule has 2 saturated heterocycles. The SMILES string of the molecule is O=C(Cc1ccc(F)cc1)N1CCC2(CC1)OCCN2S(=O)(=O)c1ccccc1. The van der Waals surface area contributed by atoms with Crippen molar-refractivity contribution in [3.05, 3.63) is 66.0 Å². The van der Waals surface area contributed by atoms with Gasteiger partial charge < -0.3 is 9.64 Å². The van der Waals surface area contributed by atoms with Crippen molar-refractivity contribution >= 4 is 15.9 Å². The van der Waals surface area contributed by atoms with Crippen molar-refractivity contribution in [2.45, 2.75) is 29.9 Å². The number of piperidine rings is 1. The van der Waals surface area contributed by atoms with Gasteiger partial charge in [0.25, 0.3) is 0 Å². The Morgan fingerprint density at radius 3 is 2.31 bits per heavy atom. The minimum Gasteiger partial charge on any atom is -0.358 e. The number of benzene rings is 2. The van der Waals surface area contributed by atoms with Gasteiger partial charge >= 0.3 is 0 Å². The Kier molecular flexibility index (Phi) is 5.42. The highest BCUT2D eigenvalue weighted by Gasteiger charge is 2.50. The predicted molar refractivity (Wildman–Crippen MR) is 105 cm³/mol. The maximum atomic E-state index is 13.1. The Bertz CT molecular complexity index is 972. The molecule has 2 aliphatic heterocycles. The molecule has 1 amide bonds. The molecule has 2 fully saturated rings. The molecule has 6 nitrogen and oxygen atoms in total. The zero-order valence-corrected chi connectivity index (χ0v) is 16.8. The molecule has 1 spiro atoms. The fraction of sp³-hybridized carbons (Fsp3) is 0.381. The summed E-state index contributed by atoms with van der Waals surface area (Å²) in [5, 5.41) is 0. The monoisotopic (exact) mass is 418 g/mol.